The summed E-state index contributed by atoms with van der Waals surface area (Å²) in [6, 6.07) is 11.9. The quantitative estimate of drug-likeness (QED) is 0.537. The number of rotatable bonds is 4. The molecule has 3 aromatic heterocycles. The Bertz CT molecular complexity index is 1190. The van der Waals surface area contributed by atoms with Gasteiger partial charge in [-0.05, 0) is 56.5 Å². The van der Waals surface area contributed by atoms with E-state index in [1.807, 2.05) is 17.7 Å². The molecule has 154 valence electrons. The molecule has 1 N–H and O–H groups in total. The number of amides is 1. The van der Waals surface area contributed by atoms with Crippen LogP contribution in [0.15, 0.2) is 47.1 Å². The number of anilines is 1. The molecule has 0 radical (unpaired) electrons. The van der Waals surface area contributed by atoms with Crippen LogP contribution in [0.2, 0.25) is 0 Å². The lowest BCUT2D eigenvalue weighted by atomic mass is 10.1. The SMILES string of the molecule is Cc1cccc(-n2nc(C)c3sc(N4CCC(NC(=O)c5ccco5)CC4)nc32)c1. The maximum Gasteiger partial charge on any atom is 0.287 e. The third-order valence-corrected chi connectivity index (χ3v) is 6.68. The zero-order chi connectivity index (χ0) is 20.7. The lowest BCUT2D eigenvalue weighted by Crippen LogP contribution is -2.44. The van der Waals surface area contributed by atoms with E-state index in [0.29, 0.717) is 5.76 Å². The molecule has 4 heterocycles. The van der Waals surface area contributed by atoms with E-state index in [4.69, 9.17) is 14.5 Å². The normalized spacial score (nSPS) is 15.1. The zero-order valence-corrected chi connectivity index (χ0v) is 17.8. The first-order valence-electron chi connectivity index (χ1n) is 10.1. The van der Waals surface area contributed by atoms with Crippen molar-refractivity contribution in [3.8, 4) is 5.69 Å². The molecule has 0 saturated carbocycles. The standard InChI is InChI=1S/C22H23N5O2S/c1-14-5-3-6-17(13-14)27-20-19(15(2)25-27)30-22(24-20)26-10-8-16(9-11-26)23-21(28)18-7-4-12-29-18/h3-7,12-13,16H,8-11H2,1-2H3,(H,23,28). The summed E-state index contributed by atoms with van der Waals surface area (Å²) in [6.07, 6.45) is 3.28. The number of benzene rings is 1. The highest BCUT2D eigenvalue weighted by Gasteiger charge is 2.25. The lowest BCUT2D eigenvalue weighted by Gasteiger charge is -2.31. The second-order valence-corrected chi connectivity index (χ2v) is 8.67. The minimum Gasteiger partial charge on any atom is -0.459 e. The van der Waals surface area contributed by atoms with Crippen LogP contribution in [0.25, 0.3) is 16.0 Å². The third kappa shape index (κ3) is 3.47. The Hall–Kier alpha value is -3.13. The van der Waals surface area contributed by atoms with Gasteiger partial charge >= 0.3 is 0 Å². The highest BCUT2D eigenvalue weighted by atomic mass is 32.1. The first-order chi connectivity index (χ1) is 14.6. The Morgan fingerprint density at radius 3 is 2.77 bits per heavy atom. The number of hydrogen-bond donors (Lipinski definition) is 1. The first-order valence-corrected chi connectivity index (χ1v) is 10.9. The number of nitrogens with zero attached hydrogens (tertiary/aromatic N) is 4. The van der Waals surface area contributed by atoms with Crippen molar-refractivity contribution in [2.75, 3.05) is 18.0 Å². The van der Waals surface area contributed by atoms with E-state index in [2.05, 4.69) is 35.3 Å². The molecule has 7 nitrogen and oxygen atoms in total. The summed E-state index contributed by atoms with van der Waals surface area (Å²) in [5.41, 5.74) is 4.13. The van der Waals surface area contributed by atoms with Gasteiger partial charge in [-0.25, -0.2) is 4.68 Å². The molecule has 0 atom stereocenters. The van der Waals surface area contributed by atoms with Crippen LogP contribution in [-0.2, 0) is 0 Å². The van der Waals surface area contributed by atoms with Crippen molar-refractivity contribution in [2.24, 2.45) is 0 Å². The van der Waals surface area contributed by atoms with Gasteiger partial charge < -0.3 is 14.6 Å². The fraction of sp³-hybridized carbons (Fsp3) is 0.318. The number of piperidine rings is 1. The molecule has 30 heavy (non-hydrogen) atoms. The van der Waals surface area contributed by atoms with Gasteiger partial charge in [0.1, 0.15) is 0 Å². The number of fused-ring (bicyclic) bond motifs is 1. The van der Waals surface area contributed by atoms with E-state index in [-0.39, 0.29) is 11.9 Å². The fourth-order valence-corrected chi connectivity index (χ4v) is 4.92. The molecule has 0 spiro atoms. The van der Waals surface area contributed by atoms with Crippen LogP contribution in [0.4, 0.5) is 5.13 Å². The predicted octanol–water partition coefficient (Wildman–Crippen LogP) is 4.09. The van der Waals surface area contributed by atoms with Gasteiger partial charge in [0.2, 0.25) is 0 Å². The number of aromatic nitrogens is 3. The zero-order valence-electron chi connectivity index (χ0n) is 17.0. The summed E-state index contributed by atoms with van der Waals surface area (Å²) in [5, 5.41) is 8.79. The van der Waals surface area contributed by atoms with Crippen LogP contribution in [0.3, 0.4) is 0 Å². The van der Waals surface area contributed by atoms with Gasteiger partial charge in [0.15, 0.2) is 16.5 Å². The molecule has 0 aliphatic carbocycles. The van der Waals surface area contributed by atoms with E-state index < -0.39 is 0 Å². The van der Waals surface area contributed by atoms with E-state index in [1.165, 1.54) is 11.8 Å². The van der Waals surface area contributed by atoms with Crippen molar-refractivity contribution >= 4 is 32.7 Å². The maximum atomic E-state index is 12.2. The lowest BCUT2D eigenvalue weighted by molar-refractivity contribution is 0.0903. The first kappa shape index (κ1) is 18.9. The molecule has 1 amide bonds. The van der Waals surface area contributed by atoms with Crippen molar-refractivity contribution in [3.05, 3.63) is 59.7 Å². The molecule has 8 heteroatoms. The summed E-state index contributed by atoms with van der Waals surface area (Å²) in [7, 11) is 0. The Labute approximate surface area is 178 Å². The average Bonchev–Trinajstić information content (AvgIpc) is 3.47. The van der Waals surface area contributed by atoms with Crippen molar-refractivity contribution in [1.29, 1.82) is 0 Å². The maximum absolute atomic E-state index is 12.2. The third-order valence-electron chi connectivity index (χ3n) is 5.47. The predicted molar refractivity (Wildman–Crippen MR) is 118 cm³/mol. The smallest absolute Gasteiger partial charge is 0.287 e. The van der Waals surface area contributed by atoms with Gasteiger partial charge in [0.05, 0.1) is 22.3 Å². The van der Waals surface area contributed by atoms with Crippen molar-refractivity contribution in [2.45, 2.75) is 32.7 Å². The second kappa shape index (κ2) is 7.60. The molecule has 0 bridgehead atoms. The van der Waals surface area contributed by atoms with Gasteiger partial charge in [0, 0.05) is 19.1 Å². The Morgan fingerprint density at radius 2 is 2.03 bits per heavy atom. The number of furan rings is 1. The van der Waals surface area contributed by atoms with Crippen molar-refractivity contribution in [3.63, 3.8) is 0 Å². The molecule has 1 fully saturated rings. The summed E-state index contributed by atoms with van der Waals surface area (Å²) in [6.45, 7) is 5.83. The fourth-order valence-electron chi connectivity index (χ4n) is 3.88. The van der Waals surface area contributed by atoms with Crippen LogP contribution in [0.5, 0.6) is 0 Å². The van der Waals surface area contributed by atoms with E-state index in [1.54, 1.807) is 23.5 Å². The summed E-state index contributed by atoms with van der Waals surface area (Å²) in [5.74, 6) is 0.215. The van der Waals surface area contributed by atoms with Gasteiger partial charge in [-0.1, -0.05) is 23.5 Å². The highest BCUT2D eigenvalue weighted by Crippen LogP contribution is 2.33. The molecular weight excluding hydrogens is 398 g/mol. The van der Waals surface area contributed by atoms with Gasteiger partial charge in [-0.15, -0.1) is 0 Å². The Balaban J connectivity index is 1.32. The van der Waals surface area contributed by atoms with Crippen LogP contribution in [-0.4, -0.2) is 39.8 Å². The molecule has 1 saturated heterocycles. The van der Waals surface area contributed by atoms with Gasteiger partial charge in [-0.3, -0.25) is 4.79 Å². The molecule has 0 unspecified atom stereocenters. The second-order valence-electron chi connectivity index (χ2n) is 7.70. The van der Waals surface area contributed by atoms with Gasteiger partial charge in [0.25, 0.3) is 5.91 Å². The van der Waals surface area contributed by atoms with Crippen molar-refractivity contribution in [1.82, 2.24) is 20.1 Å². The molecule has 5 rings (SSSR count). The summed E-state index contributed by atoms with van der Waals surface area (Å²) in [4.78, 5) is 19.4. The number of aryl methyl sites for hydroxylation is 2. The Morgan fingerprint density at radius 1 is 1.20 bits per heavy atom. The average molecular weight is 422 g/mol. The van der Waals surface area contributed by atoms with Crippen LogP contribution in [0.1, 0.15) is 34.7 Å². The highest BCUT2D eigenvalue weighted by molar-refractivity contribution is 7.22. The van der Waals surface area contributed by atoms with Crippen LogP contribution in [0, 0.1) is 13.8 Å². The van der Waals surface area contributed by atoms with E-state index in [9.17, 15) is 4.79 Å². The van der Waals surface area contributed by atoms with Crippen LogP contribution < -0.4 is 10.2 Å². The molecular formula is C22H23N5O2S. The number of carbonyl (C=O) groups excluding carboxylic acids is 1. The number of thiazole rings is 1. The van der Waals surface area contributed by atoms with E-state index >= 15 is 0 Å². The van der Waals surface area contributed by atoms with Crippen LogP contribution >= 0.6 is 11.3 Å². The number of carbonyl (C=O) groups is 1. The van der Waals surface area contributed by atoms with Gasteiger partial charge in [-0.2, -0.15) is 10.1 Å². The number of nitrogens with one attached hydrogen (secondary N) is 1. The molecule has 1 aromatic carbocycles. The topological polar surface area (TPSA) is 76.2 Å². The molecule has 1 aliphatic rings. The monoisotopic (exact) mass is 421 g/mol. The number of hydrogen-bond acceptors (Lipinski definition) is 6. The van der Waals surface area contributed by atoms with E-state index in [0.717, 1.165) is 52.8 Å². The minimum absolute atomic E-state index is 0.146. The Kier molecular flexibility index (Phi) is 4.78. The largest absolute Gasteiger partial charge is 0.459 e. The van der Waals surface area contributed by atoms with Crippen molar-refractivity contribution < 1.29 is 9.21 Å². The molecule has 1 aliphatic heterocycles. The summed E-state index contributed by atoms with van der Waals surface area (Å²) < 4.78 is 8.24. The minimum atomic E-state index is -0.146. The molecule has 4 aromatic rings. The summed E-state index contributed by atoms with van der Waals surface area (Å²) >= 11 is 1.69.